The number of benzene rings is 2. The second-order valence-corrected chi connectivity index (χ2v) is 7.74. The van der Waals surface area contributed by atoms with E-state index in [4.69, 9.17) is 9.47 Å². The van der Waals surface area contributed by atoms with Crippen LogP contribution in [-0.4, -0.2) is 51.3 Å². The van der Waals surface area contributed by atoms with Gasteiger partial charge in [-0.25, -0.2) is 4.39 Å². The highest BCUT2D eigenvalue weighted by Crippen LogP contribution is 2.35. The van der Waals surface area contributed by atoms with E-state index >= 15 is 0 Å². The molecule has 0 amide bonds. The Morgan fingerprint density at radius 1 is 1.20 bits per heavy atom. The average Bonchev–Trinajstić information content (AvgIpc) is 2.75. The van der Waals surface area contributed by atoms with Gasteiger partial charge in [0.25, 0.3) is 0 Å². The number of hydrogen-bond acceptors (Lipinski definition) is 3. The van der Waals surface area contributed by atoms with E-state index in [-0.39, 0.29) is 11.2 Å². The van der Waals surface area contributed by atoms with Gasteiger partial charge in [-0.3, -0.25) is 4.99 Å². The third-order valence-corrected chi connectivity index (χ3v) is 5.69. The molecule has 0 saturated carbocycles. The van der Waals surface area contributed by atoms with Crippen LogP contribution in [0.15, 0.2) is 53.5 Å². The van der Waals surface area contributed by atoms with Crippen molar-refractivity contribution < 1.29 is 13.9 Å². The van der Waals surface area contributed by atoms with Crippen molar-refractivity contribution in [3.63, 3.8) is 0 Å². The normalized spacial score (nSPS) is 16.2. The number of guanidine groups is 1. The van der Waals surface area contributed by atoms with Crippen molar-refractivity contribution in [3.05, 3.63) is 65.5 Å². The number of ether oxygens (including phenoxy) is 2. The first kappa shape index (κ1) is 22.1. The molecular weight excluding hydrogens is 381 g/mol. The van der Waals surface area contributed by atoms with Gasteiger partial charge in [0, 0.05) is 45.8 Å². The Labute approximate surface area is 178 Å². The zero-order valence-electron chi connectivity index (χ0n) is 18.2. The first-order chi connectivity index (χ1) is 14.6. The molecule has 1 N–H and O–H groups in total. The van der Waals surface area contributed by atoms with E-state index in [0.717, 1.165) is 49.9 Å². The Bertz CT molecular complexity index is 833. The predicted octanol–water partition coefficient (Wildman–Crippen LogP) is 3.98. The first-order valence-electron chi connectivity index (χ1n) is 10.5. The lowest BCUT2D eigenvalue weighted by atomic mass is 9.74. The minimum absolute atomic E-state index is 0.0291. The maximum absolute atomic E-state index is 13.5. The summed E-state index contributed by atoms with van der Waals surface area (Å²) in [5.41, 5.74) is 2.16. The van der Waals surface area contributed by atoms with E-state index in [2.05, 4.69) is 22.4 Å². The second-order valence-electron chi connectivity index (χ2n) is 7.74. The Morgan fingerprint density at radius 3 is 2.57 bits per heavy atom. The molecule has 0 spiro atoms. The first-order valence-corrected chi connectivity index (χ1v) is 10.5. The van der Waals surface area contributed by atoms with E-state index in [1.807, 2.05) is 37.1 Å². The van der Waals surface area contributed by atoms with Gasteiger partial charge in [0.15, 0.2) is 5.96 Å². The fourth-order valence-corrected chi connectivity index (χ4v) is 4.02. The summed E-state index contributed by atoms with van der Waals surface area (Å²) >= 11 is 0. The molecule has 0 aromatic heterocycles. The summed E-state index contributed by atoms with van der Waals surface area (Å²) in [5.74, 6) is 1.46. The molecule has 1 aliphatic heterocycles. The molecule has 0 aliphatic carbocycles. The molecule has 0 radical (unpaired) electrons. The Morgan fingerprint density at radius 2 is 1.93 bits per heavy atom. The van der Waals surface area contributed by atoms with Gasteiger partial charge >= 0.3 is 0 Å². The van der Waals surface area contributed by atoms with Crippen molar-refractivity contribution in [3.8, 4) is 5.75 Å². The van der Waals surface area contributed by atoms with Gasteiger partial charge in [0.1, 0.15) is 11.6 Å². The lowest BCUT2D eigenvalue weighted by Crippen LogP contribution is -2.48. The number of halogens is 1. The van der Waals surface area contributed by atoms with Crippen LogP contribution in [0.2, 0.25) is 0 Å². The van der Waals surface area contributed by atoms with E-state index < -0.39 is 0 Å². The van der Waals surface area contributed by atoms with Crippen molar-refractivity contribution in [2.45, 2.75) is 31.7 Å². The molecule has 1 heterocycles. The summed E-state index contributed by atoms with van der Waals surface area (Å²) in [6, 6.07) is 15.1. The summed E-state index contributed by atoms with van der Waals surface area (Å²) in [4.78, 5) is 6.45. The number of rotatable bonds is 7. The lowest BCUT2D eigenvalue weighted by Gasteiger charge is -2.39. The van der Waals surface area contributed by atoms with E-state index in [1.54, 1.807) is 19.2 Å². The van der Waals surface area contributed by atoms with Gasteiger partial charge < -0.3 is 19.7 Å². The molecule has 1 fully saturated rings. The smallest absolute Gasteiger partial charge is 0.193 e. The Balaban J connectivity index is 1.71. The molecule has 0 atom stereocenters. The fourth-order valence-electron chi connectivity index (χ4n) is 4.02. The van der Waals surface area contributed by atoms with Crippen molar-refractivity contribution in [2.24, 2.45) is 4.99 Å². The van der Waals surface area contributed by atoms with Crippen LogP contribution in [0.1, 0.15) is 30.9 Å². The van der Waals surface area contributed by atoms with Crippen molar-refractivity contribution >= 4 is 5.96 Å². The lowest BCUT2D eigenvalue weighted by molar-refractivity contribution is 0.0512. The highest BCUT2D eigenvalue weighted by atomic mass is 19.1. The quantitative estimate of drug-likeness (QED) is 0.551. The molecule has 30 heavy (non-hydrogen) atoms. The maximum atomic E-state index is 13.5. The van der Waals surface area contributed by atoms with E-state index in [0.29, 0.717) is 13.2 Å². The van der Waals surface area contributed by atoms with Crippen LogP contribution in [0, 0.1) is 5.82 Å². The van der Waals surface area contributed by atoms with E-state index in [9.17, 15) is 4.39 Å². The van der Waals surface area contributed by atoms with Crippen LogP contribution in [0.5, 0.6) is 5.75 Å². The summed E-state index contributed by atoms with van der Waals surface area (Å²) < 4.78 is 24.8. The van der Waals surface area contributed by atoms with Gasteiger partial charge in [0.2, 0.25) is 0 Å². The SMILES string of the molecule is CCOc1ccc(C2(CNC(=NC)N(C)Cc3cccc(F)c3)CCOCC2)cc1. The zero-order valence-corrected chi connectivity index (χ0v) is 18.2. The topological polar surface area (TPSA) is 46.1 Å². The van der Waals surface area contributed by atoms with Crippen LogP contribution in [-0.2, 0) is 16.7 Å². The van der Waals surface area contributed by atoms with Gasteiger partial charge in [-0.15, -0.1) is 0 Å². The molecule has 0 bridgehead atoms. The van der Waals surface area contributed by atoms with Crippen molar-refractivity contribution in [2.75, 3.05) is 40.5 Å². The molecule has 3 rings (SSSR count). The minimum atomic E-state index is -0.222. The van der Waals surface area contributed by atoms with Crippen LogP contribution in [0.3, 0.4) is 0 Å². The standard InChI is InChI=1S/C24H32FN3O2/c1-4-30-22-10-8-20(9-11-22)24(12-14-29-15-13-24)18-27-23(26-2)28(3)17-19-6-5-7-21(25)16-19/h5-11,16H,4,12-15,17-18H2,1-3H3,(H,26,27). The molecule has 0 unspecified atom stereocenters. The highest BCUT2D eigenvalue weighted by molar-refractivity contribution is 5.79. The monoisotopic (exact) mass is 413 g/mol. The molecule has 6 heteroatoms. The van der Waals surface area contributed by atoms with Crippen LogP contribution < -0.4 is 10.1 Å². The summed E-state index contributed by atoms with van der Waals surface area (Å²) in [6.45, 7) is 5.47. The molecule has 2 aromatic rings. The number of nitrogens with one attached hydrogen (secondary N) is 1. The third kappa shape index (κ3) is 5.51. The number of aliphatic imine (C=N–C) groups is 1. The average molecular weight is 414 g/mol. The molecule has 162 valence electrons. The van der Waals surface area contributed by atoms with Gasteiger partial charge in [-0.2, -0.15) is 0 Å². The van der Waals surface area contributed by atoms with Gasteiger partial charge in [-0.1, -0.05) is 24.3 Å². The zero-order chi connectivity index (χ0) is 21.4. The van der Waals surface area contributed by atoms with Crippen LogP contribution >= 0.6 is 0 Å². The molecule has 1 saturated heterocycles. The van der Waals surface area contributed by atoms with Crippen molar-refractivity contribution in [1.29, 1.82) is 0 Å². The van der Waals surface area contributed by atoms with Crippen LogP contribution in [0.4, 0.5) is 4.39 Å². The van der Waals surface area contributed by atoms with Crippen molar-refractivity contribution in [1.82, 2.24) is 10.2 Å². The van der Waals surface area contributed by atoms with E-state index in [1.165, 1.54) is 11.6 Å². The highest BCUT2D eigenvalue weighted by Gasteiger charge is 2.35. The number of nitrogens with zero attached hydrogens (tertiary/aromatic N) is 2. The minimum Gasteiger partial charge on any atom is -0.494 e. The second kappa shape index (κ2) is 10.4. The molecular formula is C24H32FN3O2. The summed E-state index contributed by atoms with van der Waals surface area (Å²) in [7, 11) is 3.74. The summed E-state index contributed by atoms with van der Waals surface area (Å²) in [6.07, 6.45) is 1.89. The maximum Gasteiger partial charge on any atom is 0.193 e. The molecule has 5 nitrogen and oxygen atoms in total. The van der Waals surface area contributed by atoms with Gasteiger partial charge in [-0.05, 0) is 55.2 Å². The summed E-state index contributed by atoms with van der Waals surface area (Å²) in [5, 5.41) is 3.55. The van der Waals surface area contributed by atoms with Gasteiger partial charge in [0.05, 0.1) is 6.61 Å². The number of hydrogen-bond donors (Lipinski definition) is 1. The Kier molecular flexibility index (Phi) is 7.69. The third-order valence-electron chi connectivity index (χ3n) is 5.69. The fraction of sp³-hybridized carbons (Fsp3) is 0.458. The molecule has 2 aromatic carbocycles. The van der Waals surface area contributed by atoms with Crippen LogP contribution in [0.25, 0.3) is 0 Å². The Hall–Kier alpha value is -2.60. The predicted molar refractivity (Wildman–Crippen MR) is 119 cm³/mol. The largest absolute Gasteiger partial charge is 0.494 e. The molecule has 1 aliphatic rings.